The SMILES string of the molecule is NC(=O)c1ccccc1C[C@@H]1CCC[C@H]1c1nc(-c2ccccc2)c(-c2ccccc2)o1. The largest absolute Gasteiger partial charge is 0.440 e. The fraction of sp³-hybridized carbons (Fsp3) is 0.214. The Hall–Kier alpha value is -3.66. The van der Waals surface area contributed by atoms with E-state index in [1.165, 1.54) is 0 Å². The average Bonchev–Trinajstić information content (AvgIpc) is 3.47. The third-order valence-electron chi connectivity index (χ3n) is 6.47. The zero-order chi connectivity index (χ0) is 21.9. The molecule has 1 heterocycles. The van der Waals surface area contributed by atoms with Gasteiger partial charge in [0.05, 0.1) is 0 Å². The Labute approximate surface area is 188 Å². The molecule has 0 aliphatic heterocycles. The lowest BCUT2D eigenvalue weighted by atomic mass is 9.87. The summed E-state index contributed by atoms with van der Waals surface area (Å²) in [5, 5.41) is 0. The van der Waals surface area contributed by atoms with Gasteiger partial charge in [-0.15, -0.1) is 0 Å². The summed E-state index contributed by atoms with van der Waals surface area (Å²) >= 11 is 0. The van der Waals surface area contributed by atoms with Crippen LogP contribution in [0.2, 0.25) is 0 Å². The van der Waals surface area contributed by atoms with Crippen LogP contribution in [0.1, 0.15) is 47.0 Å². The summed E-state index contributed by atoms with van der Waals surface area (Å²) in [6.07, 6.45) is 4.04. The van der Waals surface area contributed by atoms with Crippen LogP contribution >= 0.6 is 0 Å². The number of amides is 1. The molecule has 1 aliphatic rings. The number of carbonyl (C=O) groups is 1. The molecule has 0 bridgehead atoms. The fourth-order valence-electron chi connectivity index (χ4n) is 4.90. The van der Waals surface area contributed by atoms with Crippen LogP contribution in [0.3, 0.4) is 0 Å². The highest BCUT2D eigenvalue weighted by Crippen LogP contribution is 2.44. The van der Waals surface area contributed by atoms with Crippen molar-refractivity contribution < 1.29 is 9.21 Å². The van der Waals surface area contributed by atoms with Crippen molar-refractivity contribution in [3.8, 4) is 22.6 Å². The molecule has 0 radical (unpaired) electrons. The fourth-order valence-corrected chi connectivity index (χ4v) is 4.90. The van der Waals surface area contributed by atoms with Gasteiger partial charge in [0.1, 0.15) is 5.69 Å². The first-order valence-corrected chi connectivity index (χ1v) is 11.2. The van der Waals surface area contributed by atoms with Gasteiger partial charge in [0.15, 0.2) is 11.7 Å². The average molecular weight is 423 g/mol. The minimum absolute atomic E-state index is 0.218. The predicted octanol–water partition coefficient (Wildman–Crippen LogP) is 6.23. The van der Waals surface area contributed by atoms with Crippen molar-refractivity contribution in [3.63, 3.8) is 0 Å². The van der Waals surface area contributed by atoms with Crippen molar-refractivity contribution >= 4 is 5.91 Å². The van der Waals surface area contributed by atoms with E-state index in [0.29, 0.717) is 11.5 Å². The predicted molar refractivity (Wildman–Crippen MR) is 126 cm³/mol. The lowest BCUT2D eigenvalue weighted by molar-refractivity contribution is 0.0999. The highest BCUT2D eigenvalue weighted by atomic mass is 16.4. The number of carbonyl (C=O) groups excluding carboxylic acids is 1. The summed E-state index contributed by atoms with van der Waals surface area (Å²) in [5.41, 5.74) is 10.2. The van der Waals surface area contributed by atoms with Crippen LogP contribution in [0.15, 0.2) is 89.3 Å². The molecule has 32 heavy (non-hydrogen) atoms. The van der Waals surface area contributed by atoms with Crippen molar-refractivity contribution in [3.05, 3.63) is 102 Å². The van der Waals surface area contributed by atoms with Crippen molar-refractivity contribution in [2.45, 2.75) is 31.6 Å². The molecule has 160 valence electrons. The van der Waals surface area contributed by atoms with Gasteiger partial charge in [0.2, 0.25) is 5.91 Å². The van der Waals surface area contributed by atoms with Gasteiger partial charge in [-0.1, -0.05) is 85.3 Å². The van der Waals surface area contributed by atoms with E-state index < -0.39 is 0 Å². The number of primary amides is 1. The normalized spacial score (nSPS) is 18.0. The molecular weight excluding hydrogens is 396 g/mol. The maximum Gasteiger partial charge on any atom is 0.248 e. The van der Waals surface area contributed by atoms with Crippen molar-refractivity contribution in [1.29, 1.82) is 0 Å². The number of nitrogens with two attached hydrogens (primary N) is 1. The van der Waals surface area contributed by atoms with Crippen molar-refractivity contribution in [1.82, 2.24) is 4.98 Å². The zero-order valence-electron chi connectivity index (χ0n) is 17.9. The number of nitrogens with zero attached hydrogens (tertiary/aromatic N) is 1. The number of aromatic nitrogens is 1. The smallest absolute Gasteiger partial charge is 0.248 e. The Balaban J connectivity index is 1.52. The number of hydrogen-bond donors (Lipinski definition) is 1. The first kappa shape index (κ1) is 20.3. The molecule has 1 aliphatic carbocycles. The Morgan fingerprint density at radius 2 is 1.53 bits per heavy atom. The van der Waals surface area contributed by atoms with E-state index in [-0.39, 0.29) is 11.8 Å². The Bertz CT molecular complexity index is 1160. The summed E-state index contributed by atoms with van der Waals surface area (Å²) in [7, 11) is 0. The maximum absolute atomic E-state index is 11.9. The Morgan fingerprint density at radius 1 is 0.875 bits per heavy atom. The molecule has 0 spiro atoms. The maximum atomic E-state index is 11.9. The van der Waals surface area contributed by atoms with Gasteiger partial charge < -0.3 is 10.2 Å². The van der Waals surface area contributed by atoms with Gasteiger partial charge in [0.25, 0.3) is 0 Å². The summed E-state index contributed by atoms with van der Waals surface area (Å²) in [4.78, 5) is 16.9. The van der Waals surface area contributed by atoms with Gasteiger partial charge in [-0.05, 0) is 36.8 Å². The molecule has 3 aromatic carbocycles. The quantitative estimate of drug-likeness (QED) is 0.400. The van der Waals surface area contributed by atoms with Crippen LogP contribution in [-0.2, 0) is 6.42 Å². The van der Waals surface area contributed by atoms with Gasteiger partial charge in [-0.3, -0.25) is 4.79 Å². The van der Waals surface area contributed by atoms with Crippen LogP contribution in [0, 0.1) is 5.92 Å². The van der Waals surface area contributed by atoms with E-state index in [2.05, 4.69) is 24.3 Å². The van der Waals surface area contributed by atoms with Crippen molar-refractivity contribution in [2.24, 2.45) is 11.7 Å². The lowest BCUT2D eigenvalue weighted by Gasteiger charge is -2.18. The third kappa shape index (κ3) is 3.96. The molecular formula is C28H26N2O2. The van der Waals surface area contributed by atoms with E-state index in [0.717, 1.165) is 59.7 Å². The molecule has 1 fully saturated rings. The highest BCUT2D eigenvalue weighted by molar-refractivity contribution is 5.94. The van der Waals surface area contributed by atoms with E-state index in [1.54, 1.807) is 0 Å². The van der Waals surface area contributed by atoms with E-state index in [4.69, 9.17) is 15.1 Å². The minimum Gasteiger partial charge on any atom is -0.440 e. The minimum atomic E-state index is -0.371. The lowest BCUT2D eigenvalue weighted by Crippen LogP contribution is -2.17. The molecule has 4 heteroatoms. The summed E-state index contributed by atoms with van der Waals surface area (Å²) < 4.78 is 6.48. The Morgan fingerprint density at radius 3 is 2.25 bits per heavy atom. The molecule has 5 rings (SSSR count). The number of benzene rings is 3. The first-order valence-electron chi connectivity index (χ1n) is 11.2. The molecule has 1 saturated carbocycles. The van der Waals surface area contributed by atoms with Crippen LogP contribution < -0.4 is 5.73 Å². The molecule has 2 N–H and O–H groups in total. The van der Waals surface area contributed by atoms with Crippen LogP contribution in [-0.4, -0.2) is 10.9 Å². The summed E-state index contributed by atoms with van der Waals surface area (Å²) in [5.74, 6) is 1.82. The molecule has 0 saturated heterocycles. The topological polar surface area (TPSA) is 69.1 Å². The number of hydrogen-bond acceptors (Lipinski definition) is 3. The van der Waals surface area contributed by atoms with Gasteiger partial charge in [-0.25, -0.2) is 4.98 Å². The molecule has 2 atom stereocenters. The molecule has 4 aromatic rings. The van der Waals surface area contributed by atoms with Crippen LogP contribution in [0.25, 0.3) is 22.6 Å². The van der Waals surface area contributed by atoms with Crippen LogP contribution in [0.5, 0.6) is 0 Å². The van der Waals surface area contributed by atoms with E-state index in [1.807, 2.05) is 60.7 Å². The number of oxazole rings is 1. The Kier molecular flexibility index (Phi) is 5.59. The standard InChI is InChI=1S/C28H26N2O2/c29-27(31)23-16-8-7-14-21(23)18-22-15-9-17-24(22)28-30-25(19-10-3-1-4-11-19)26(32-28)20-12-5-2-6-13-20/h1-8,10-14,16,22,24H,9,15,17-18H2,(H2,29,31)/t22-,24+/m0/s1. The second-order valence-corrected chi connectivity index (χ2v) is 8.48. The van der Waals surface area contributed by atoms with E-state index in [9.17, 15) is 4.79 Å². The summed E-state index contributed by atoms with van der Waals surface area (Å²) in [6, 6.07) is 28.0. The zero-order valence-corrected chi connectivity index (χ0v) is 17.9. The van der Waals surface area contributed by atoms with Gasteiger partial charge in [-0.2, -0.15) is 0 Å². The van der Waals surface area contributed by atoms with E-state index >= 15 is 0 Å². The van der Waals surface area contributed by atoms with Gasteiger partial charge in [0, 0.05) is 22.6 Å². The highest BCUT2D eigenvalue weighted by Gasteiger charge is 2.34. The van der Waals surface area contributed by atoms with Gasteiger partial charge >= 0.3 is 0 Å². The molecule has 1 amide bonds. The molecule has 0 unspecified atom stereocenters. The third-order valence-corrected chi connectivity index (χ3v) is 6.47. The second kappa shape index (κ2) is 8.83. The summed E-state index contributed by atoms with van der Waals surface area (Å²) in [6.45, 7) is 0. The molecule has 4 nitrogen and oxygen atoms in total. The first-order chi connectivity index (χ1) is 15.7. The van der Waals surface area contributed by atoms with Crippen LogP contribution in [0.4, 0.5) is 0 Å². The monoisotopic (exact) mass is 422 g/mol. The second-order valence-electron chi connectivity index (χ2n) is 8.48. The van der Waals surface area contributed by atoms with Crippen molar-refractivity contribution in [2.75, 3.05) is 0 Å². The number of rotatable bonds is 6. The molecule has 1 aromatic heterocycles.